The molecule has 1 aromatic rings. The summed E-state index contributed by atoms with van der Waals surface area (Å²) in [6, 6.07) is 0.426. The number of nitrogens with one attached hydrogen (secondary N) is 1. The molecule has 0 bridgehead atoms. The molecule has 1 aromatic heterocycles. The van der Waals surface area contributed by atoms with Gasteiger partial charge in [0, 0.05) is 12.2 Å². The van der Waals surface area contributed by atoms with Crippen molar-refractivity contribution in [1.29, 1.82) is 0 Å². The van der Waals surface area contributed by atoms with Crippen molar-refractivity contribution in [2.24, 2.45) is 0 Å². The number of aryl methyl sites for hydroxylation is 1. The smallest absolute Gasteiger partial charge is 0.0815 e. The van der Waals surface area contributed by atoms with Crippen LogP contribution in [0.15, 0.2) is 6.20 Å². The summed E-state index contributed by atoms with van der Waals surface area (Å²) in [5.41, 5.74) is 0.912. The number of rotatable bonds is 6. The van der Waals surface area contributed by atoms with Gasteiger partial charge in [-0.25, -0.2) is 0 Å². The maximum Gasteiger partial charge on any atom is 0.0815 e. The van der Waals surface area contributed by atoms with E-state index >= 15 is 0 Å². The van der Waals surface area contributed by atoms with Crippen LogP contribution in [0.1, 0.15) is 38.4 Å². The van der Waals surface area contributed by atoms with Gasteiger partial charge in [-0.2, -0.15) is 5.10 Å². The van der Waals surface area contributed by atoms with Crippen molar-refractivity contribution in [3.05, 3.63) is 16.9 Å². The predicted molar refractivity (Wildman–Crippen MR) is 64.5 cm³/mol. The second-order valence-electron chi connectivity index (χ2n) is 3.89. The highest BCUT2D eigenvalue weighted by molar-refractivity contribution is 6.31. The molecule has 0 aliphatic rings. The highest BCUT2D eigenvalue weighted by Crippen LogP contribution is 2.18. The lowest BCUT2D eigenvalue weighted by Crippen LogP contribution is -2.15. The van der Waals surface area contributed by atoms with E-state index in [0.29, 0.717) is 6.04 Å². The first-order valence-electron chi connectivity index (χ1n) is 5.57. The Morgan fingerprint density at radius 1 is 1.60 bits per heavy atom. The zero-order valence-corrected chi connectivity index (χ0v) is 10.5. The Hall–Kier alpha value is -0.540. The monoisotopic (exact) mass is 229 g/mol. The fourth-order valence-electron chi connectivity index (χ4n) is 1.52. The number of nitrogens with zero attached hydrogens (tertiary/aromatic N) is 2. The Balaban J connectivity index is 2.36. The maximum absolute atomic E-state index is 5.96. The van der Waals surface area contributed by atoms with Crippen molar-refractivity contribution in [3.63, 3.8) is 0 Å². The maximum atomic E-state index is 5.96. The fraction of sp³-hybridized carbons (Fsp3) is 0.727. The Morgan fingerprint density at radius 3 is 2.87 bits per heavy atom. The highest BCUT2D eigenvalue weighted by atomic mass is 35.5. The van der Waals surface area contributed by atoms with E-state index in [1.165, 1.54) is 6.42 Å². The Morgan fingerprint density at radius 2 is 2.33 bits per heavy atom. The van der Waals surface area contributed by atoms with Crippen molar-refractivity contribution in [1.82, 2.24) is 15.1 Å². The molecule has 0 spiro atoms. The van der Waals surface area contributed by atoms with Gasteiger partial charge in [0.2, 0.25) is 0 Å². The molecule has 1 rings (SSSR count). The van der Waals surface area contributed by atoms with Crippen LogP contribution in [0.25, 0.3) is 0 Å². The topological polar surface area (TPSA) is 29.9 Å². The van der Waals surface area contributed by atoms with Crippen LogP contribution in [-0.4, -0.2) is 22.9 Å². The Labute approximate surface area is 96.8 Å². The van der Waals surface area contributed by atoms with E-state index in [4.69, 9.17) is 11.6 Å². The minimum absolute atomic E-state index is 0.426. The molecule has 0 amide bonds. The van der Waals surface area contributed by atoms with Crippen LogP contribution >= 0.6 is 11.6 Å². The van der Waals surface area contributed by atoms with Crippen LogP contribution < -0.4 is 5.32 Å². The summed E-state index contributed by atoms with van der Waals surface area (Å²) >= 11 is 5.96. The highest BCUT2D eigenvalue weighted by Gasteiger charge is 2.08. The third-order valence-corrected chi connectivity index (χ3v) is 2.90. The third kappa shape index (κ3) is 3.84. The average molecular weight is 230 g/mol. The van der Waals surface area contributed by atoms with E-state index < -0.39 is 0 Å². The van der Waals surface area contributed by atoms with Gasteiger partial charge in [-0.15, -0.1) is 0 Å². The first-order chi connectivity index (χ1) is 7.15. The standard InChI is InChI=1S/C11H20ClN3/c1-4-13-7-5-6-9(2)15-8-11(12)10(3)14-15/h8-9,13H,4-7H2,1-3H3. The van der Waals surface area contributed by atoms with Crippen molar-refractivity contribution in [2.75, 3.05) is 13.1 Å². The fourth-order valence-corrected chi connectivity index (χ4v) is 1.65. The van der Waals surface area contributed by atoms with E-state index in [1.807, 2.05) is 17.8 Å². The molecule has 1 unspecified atom stereocenters. The van der Waals surface area contributed by atoms with Crippen molar-refractivity contribution < 1.29 is 0 Å². The zero-order valence-electron chi connectivity index (χ0n) is 9.76. The summed E-state index contributed by atoms with van der Waals surface area (Å²) in [6.45, 7) is 8.36. The van der Waals surface area contributed by atoms with E-state index in [9.17, 15) is 0 Å². The van der Waals surface area contributed by atoms with Crippen LogP contribution in [0.3, 0.4) is 0 Å². The molecule has 0 aliphatic carbocycles. The quantitative estimate of drug-likeness (QED) is 0.761. The van der Waals surface area contributed by atoms with E-state index in [-0.39, 0.29) is 0 Å². The summed E-state index contributed by atoms with van der Waals surface area (Å²) < 4.78 is 1.96. The lowest BCUT2D eigenvalue weighted by molar-refractivity contribution is 0.438. The molecule has 0 radical (unpaired) electrons. The molecule has 15 heavy (non-hydrogen) atoms. The van der Waals surface area contributed by atoms with Crippen molar-refractivity contribution in [3.8, 4) is 0 Å². The molecule has 0 aromatic carbocycles. The summed E-state index contributed by atoms with van der Waals surface area (Å²) in [7, 11) is 0. The molecule has 0 saturated heterocycles. The molecular weight excluding hydrogens is 210 g/mol. The summed E-state index contributed by atoms with van der Waals surface area (Å²) in [4.78, 5) is 0. The van der Waals surface area contributed by atoms with Gasteiger partial charge in [-0.05, 0) is 39.8 Å². The average Bonchev–Trinajstić information content (AvgIpc) is 2.54. The van der Waals surface area contributed by atoms with Crippen LogP contribution in [-0.2, 0) is 0 Å². The van der Waals surface area contributed by atoms with Gasteiger partial charge >= 0.3 is 0 Å². The number of halogens is 1. The van der Waals surface area contributed by atoms with Crippen LogP contribution in [0.5, 0.6) is 0 Å². The summed E-state index contributed by atoms with van der Waals surface area (Å²) in [5.74, 6) is 0. The second-order valence-corrected chi connectivity index (χ2v) is 4.29. The van der Waals surface area contributed by atoms with Gasteiger partial charge in [-0.3, -0.25) is 4.68 Å². The van der Waals surface area contributed by atoms with Crippen LogP contribution in [0, 0.1) is 6.92 Å². The summed E-state index contributed by atoms with van der Waals surface area (Å²) in [5, 5.41) is 8.45. The van der Waals surface area contributed by atoms with Gasteiger partial charge < -0.3 is 5.32 Å². The van der Waals surface area contributed by atoms with Crippen molar-refractivity contribution in [2.45, 2.75) is 39.7 Å². The molecule has 0 fully saturated rings. The van der Waals surface area contributed by atoms with Crippen LogP contribution in [0.2, 0.25) is 5.02 Å². The number of hydrogen-bond donors (Lipinski definition) is 1. The molecule has 86 valence electrons. The summed E-state index contributed by atoms with van der Waals surface area (Å²) in [6.07, 6.45) is 4.21. The van der Waals surface area contributed by atoms with E-state index in [1.54, 1.807) is 0 Å². The van der Waals surface area contributed by atoms with E-state index in [0.717, 1.165) is 30.2 Å². The van der Waals surface area contributed by atoms with Gasteiger partial charge in [0.15, 0.2) is 0 Å². The second kappa shape index (κ2) is 6.13. The molecule has 0 saturated carbocycles. The van der Waals surface area contributed by atoms with Gasteiger partial charge in [0.1, 0.15) is 0 Å². The van der Waals surface area contributed by atoms with Crippen molar-refractivity contribution >= 4 is 11.6 Å². The van der Waals surface area contributed by atoms with Crippen LogP contribution in [0.4, 0.5) is 0 Å². The minimum Gasteiger partial charge on any atom is -0.317 e. The molecular formula is C11H20ClN3. The molecule has 1 atom stereocenters. The largest absolute Gasteiger partial charge is 0.317 e. The predicted octanol–water partition coefficient (Wildman–Crippen LogP) is 2.80. The SMILES string of the molecule is CCNCCCC(C)n1cc(Cl)c(C)n1. The molecule has 3 nitrogen and oxygen atoms in total. The van der Waals surface area contributed by atoms with E-state index in [2.05, 4.69) is 24.3 Å². The van der Waals surface area contributed by atoms with Gasteiger partial charge in [-0.1, -0.05) is 18.5 Å². The van der Waals surface area contributed by atoms with Gasteiger partial charge in [0.25, 0.3) is 0 Å². The molecule has 0 aliphatic heterocycles. The first-order valence-corrected chi connectivity index (χ1v) is 5.95. The minimum atomic E-state index is 0.426. The molecule has 4 heteroatoms. The Kier molecular flexibility index (Phi) is 5.12. The third-order valence-electron chi connectivity index (χ3n) is 2.53. The zero-order chi connectivity index (χ0) is 11.3. The molecule has 1 N–H and O–H groups in total. The Bertz CT molecular complexity index is 277. The number of hydrogen-bond acceptors (Lipinski definition) is 2. The molecule has 1 heterocycles. The first kappa shape index (κ1) is 12.5. The lowest BCUT2D eigenvalue weighted by atomic mass is 10.2. The number of aromatic nitrogens is 2. The lowest BCUT2D eigenvalue weighted by Gasteiger charge is -2.11. The normalized spacial score (nSPS) is 13.1. The van der Waals surface area contributed by atoms with Gasteiger partial charge in [0.05, 0.1) is 10.7 Å².